The Morgan fingerprint density at radius 2 is 2.06 bits per heavy atom. The molecule has 2 bridgehead atoms. The summed E-state index contributed by atoms with van der Waals surface area (Å²) in [6.07, 6.45) is 5.28. The number of pyridine rings is 1. The van der Waals surface area contributed by atoms with Crippen molar-refractivity contribution in [1.82, 2.24) is 10.3 Å². The van der Waals surface area contributed by atoms with Gasteiger partial charge in [-0.3, -0.25) is 4.98 Å². The van der Waals surface area contributed by atoms with Gasteiger partial charge in [-0.2, -0.15) is 0 Å². The van der Waals surface area contributed by atoms with Crippen LogP contribution in [-0.4, -0.2) is 24.2 Å². The van der Waals surface area contributed by atoms with Crippen LogP contribution in [0.4, 0.5) is 0 Å². The van der Waals surface area contributed by atoms with Gasteiger partial charge in [0.25, 0.3) is 0 Å². The normalized spacial score (nSPS) is 31.2. The first-order valence-electron chi connectivity index (χ1n) is 5.31. The maximum Gasteiger partial charge on any atom is 0.139 e. The van der Waals surface area contributed by atoms with E-state index in [1.165, 1.54) is 6.42 Å². The van der Waals surface area contributed by atoms with Gasteiger partial charge in [0.15, 0.2) is 0 Å². The second-order valence-electron chi connectivity index (χ2n) is 4.34. The van der Waals surface area contributed by atoms with Crippen LogP contribution in [0.1, 0.15) is 6.42 Å². The Morgan fingerprint density at radius 1 is 1.31 bits per heavy atom. The fourth-order valence-electron chi connectivity index (χ4n) is 2.51. The first-order valence-corrected chi connectivity index (χ1v) is 6.10. The Morgan fingerprint density at radius 3 is 2.69 bits per heavy atom. The van der Waals surface area contributed by atoms with E-state index in [2.05, 4.69) is 26.2 Å². The van der Waals surface area contributed by atoms with Crippen LogP contribution in [-0.2, 0) is 0 Å². The molecule has 3 nitrogen and oxygen atoms in total. The first kappa shape index (κ1) is 12.1. The van der Waals surface area contributed by atoms with E-state index < -0.39 is 0 Å². The summed E-state index contributed by atoms with van der Waals surface area (Å²) in [5.74, 6) is 2.27. The largest absolute Gasteiger partial charge is 0.488 e. The summed E-state index contributed by atoms with van der Waals surface area (Å²) in [6.45, 7) is 2.20. The molecule has 1 aromatic rings. The summed E-state index contributed by atoms with van der Waals surface area (Å²) in [7, 11) is 0. The monoisotopic (exact) mass is 304 g/mol. The van der Waals surface area contributed by atoms with Crippen LogP contribution in [0, 0.1) is 11.8 Å². The molecule has 1 aromatic heterocycles. The molecule has 5 heteroatoms. The second-order valence-corrected chi connectivity index (χ2v) is 5.25. The van der Waals surface area contributed by atoms with Crippen LogP contribution >= 0.6 is 28.3 Å². The van der Waals surface area contributed by atoms with Crippen molar-refractivity contribution < 1.29 is 4.74 Å². The molecule has 88 valence electrons. The van der Waals surface area contributed by atoms with Gasteiger partial charge < -0.3 is 10.1 Å². The predicted octanol–water partition coefficient (Wildman–Crippen LogP) is 2.25. The van der Waals surface area contributed by atoms with Crippen molar-refractivity contribution in [3.8, 4) is 5.75 Å². The smallest absolute Gasteiger partial charge is 0.139 e. The summed E-state index contributed by atoms with van der Waals surface area (Å²) in [6, 6.07) is 1.98. The minimum atomic E-state index is 0. The highest BCUT2D eigenvalue weighted by atomic mass is 79.9. The van der Waals surface area contributed by atoms with Crippen molar-refractivity contribution in [3.05, 3.63) is 22.9 Å². The standard InChI is InChI=1S/C11H13BrN2O.ClH/c12-9-2-10(6-14-5-9)15-11-7-1-8(11)4-13-3-7;/h2,5-8,11,13H,1,3-4H2;1H/t7-,8+,11?;. The fraction of sp³-hybridized carbons (Fsp3) is 0.545. The van der Waals surface area contributed by atoms with E-state index >= 15 is 0 Å². The van der Waals surface area contributed by atoms with Crippen LogP contribution in [0.15, 0.2) is 22.9 Å². The van der Waals surface area contributed by atoms with Gasteiger partial charge in [-0.25, -0.2) is 0 Å². The van der Waals surface area contributed by atoms with Crippen LogP contribution in [0.25, 0.3) is 0 Å². The molecule has 3 atom stereocenters. The zero-order valence-corrected chi connectivity index (χ0v) is 11.1. The van der Waals surface area contributed by atoms with Gasteiger partial charge in [0.1, 0.15) is 11.9 Å². The molecule has 16 heavy (non-hydrogen) atoms. The number of rotatable bonds is 2. The van der Waals surface area contributed by atoms with Gasteiger partial charge in [-0.15, -0.1) is 12.4 Å². The van der Waals surface area contributed by atoms with Gasteiger partial charge in [0, 0.05) is 35.6 Å². The van der Waals surface area contributed by atoms with E-state index in [1.54, 1.807) is 12.4 Å². The molecule has 0 spiro atoms. The Hall–Kier alpha value is -0.320. The Kier molecular flexibility index (Phi) is 3.72. The number of piperidine rings is 2. The molecule has 1 N–H and O–H groups in total. The fourth-order valence-corrected chi connectivity index (χ4v) is 2.85. The van der Waals surface area contributed by atoms with E-state index in [1.807, 2.05) is 6.07 Å². The molecular formula is C11H14BrClN2O. The lowest BCUT2D eigenvalue weighted by Crippen LogP contribution is -2.59. The summed E-state index contributed by atoms with van der Waals surface area (Å²) in [4.78, 5) is 4.10. The Labute approximate surface area is 110 Å². The van der Waals surface area contributed by atoms with Crippen molar-refractivity contribution in [1.29, 1.82) is 0 Å². The highest BCUT2D eigenvalue weighted by Crippen LogP contribution is 2.39. The molecule has 0 amide bonds. The highest BCUT2D eigenvalue weighted by Gasteiger charge is 2.45. The molecule has 1 saturated carbocycles. The molecule has 1 aliphatic carbocycles. The van der Waals surface area contributed by atoms with E-state index in [-0.39, 0.29) is 12.4 Å². The average molecular weight is 306 g/mol. The van der Waals surface area contributed by atoms with Gasteiger partial charge in [0.05, 0.1) is 6.20 Å². The minimum absolute atomic E-state index is 0. The molecule has 0 aromatic carbocycles. The number of nitrogens with zero attached hydrogens (tertiary/aromatic N) is 1. The molecule has 1 unspecified atom stereocenters. The molecule has 2 fully saturated rings. The van der Waals surface area contributed by atoms with Crippen molar-refractivity contribution in [2.45, 2.75) is 12.5 Å². The summed E-state index contributed by atoms with van der Waals surface area (Å²) >= 11 is 3.40. The molecule has 2 aliphatic rings. The second kappa shape index (κ2) is 4.90. The van der Waals surface area contributed by atoms with Gasteiger partial charge in [0.2, 0.25) is 0 Å². The van der Waals surface area contributed by atoms with Crippen molar-refractivity contribution >= 4 is 28.3 Å². The van der Waals surface area contributed by atoms with Gasteiger partial charge >= 0.3 is 0 Å². The summed E-state index contributed by atoms with van der Waals surface area (Å²) in [5, 5.41) is 3.41. The first-order chi connectivity index (χ1) is 7.33. The molecule has 1 saturated heterocycles. The van der Waals surface area contributed by atoms with Crippen molar-refractivity contribution in [2.24, 2.45) is 11.8 Å². The molecule has 1 aliphatic heterocycles. The average Bonchev–Trinajstić information content (AvgIpc) is 2.27. The quantitative estimate of drug-likeness (QED) is 0.910. The molecule has 2 heterocycles. The lowest BCUT2D eigenvalue weighted by molar-refractivity contribution is -0.0447. The Balaban J connectivity index is 0.000000963. The summed E-state index contributed by atoms with van der Waals surface area (Å²) < 4.78 is 6.94. The zero-order chi connectivity index (χ0) is 10.3. The third kappa shape index (κ3) is 2.19. The highest BCUT2D eigenvalue weighted by molar-refractivity contribution is 9.10. The van der Waals surface area contributed by atoms with Crippen molar-refractivity contribution in [2.75, 3.05) is 13.1 Å². The number of aromatic nitrogens is 1. The lowest BCUT2D eigenvalue weighted by atomic mass is 9.69. The molecule has 3 rings (SSSR count). The predicted molar refractivity (Wildman–Crippen MR) is 68.1 cm³/mol. The number of hydrogen-bond acceptors (Lipinski definition) is 3. The van der Waals surface area contributed by atoms with Crippen LogP contribution in [0.2, 0.25) is 0 Å². The molecule has 0 radical (unpaired) electrons. The maximum atomic E-state index is 5.97. The zero-order valence-electron chi connectivity index (χ0n) is 8.73. The van der Waals surface area contributed by atoms with E-state index in [9.17, 15) is 0 Å². The summed E-state index contributed by atoms with van der Waals surface area (Å²) in [5.41, 5.74) is 0. The SMILES string of the molecule is Brc1cncc(OC2[C@@H]3CNC[C@H]2C3)c1.Cl. The van der Waals surface area contributed by atoms with E-state index in [0.29, 0.717) is 17.9 Å². The Bertz CT molecular complexity index is 363. The van der Waals surface area contributed by atoms with E-state index in [4.69, 9.17) is 4.74 Å². The molecular weight excluding hydrogens is 291 g/mol. The lowest BCUT2D eigenvalue weighted by Gasteiger charge is -2.48. The topological polar surface area (TPSA) is 34.1 Å². The minimum Gasteiger partial charge on any atom is -0.488 e. The van der Waals surface area contributed by atoms with Crippen LogP contribution < -0.4 is 10.1 Å². The van der Waals surface area contributed by atoms with E-state index in [0.717, 1.165) is 23.3 Å². The van der Waals surface area contributed by atoms with Crippen molar-refractivity contribution in [3.63, 3.8) is 0 Å². The van der Waals surface area contributed by atoms with Crippen LogP contribution in [0.3, 0.4) is 0 Å². The van der Waals surface area contributed by atoms with Crippen LogP contribution in [0.5, 0.6) is 5.75 Å². The third-order valence-corrected chi connectivity index (χ3v) is 3.73. The maximum absolute atomic E-state index is 5.97. The number of fused-ring (bicyclic) bond motifs is 2. The number of ether oxygens (including phenoxy) is 1. The number of nitrogens with one attached hydrogen (secondary N) is 1. The van der Waals surface area contributed by atoms with Gasteiger partial charge in [-0.05, 0) is 28.4 Å². The third-order valence-electron chi connectivity index (χ3n) is 3.30. The number of hydrogen-bond donors (Lipinski definition) is 1. The number of halogens is 2. The van der Waals surface area contributed by atoms with Gasteiger partial charge in [-0.1, -0.05) is 0 Å².